The first-order chi connectivity index (χ1) is 7.36. The SMILES string of the molecule is Cc1cccnc1CNCc1ncon1. The predicted molar refractivity (Wildman–Crippen MR) is 53.8 cm³/mol. The molecule has 0 aromatic carbocycles. The molecule has 2 aromatic heterocycles. The molecule has 2 heterocycles. The smallest absolute Gasteiger partial charge is 0.213 e. The van der Waals surface area contributed by atoms with Crippen molar-refractivity contribution in [2.45, 2.75) is 20.0 Å². The molecule has 0 aliphatic heterocycles. The maximum atomic E-state index is 4.62. The summed E-state index contributed by atoms with van der Waals surface area (Å²) in [5, 5.41) is 6.90. The molecule has 78 valence electrons. The second-order valence-electron chi connectivity index (χ2n) is 3.22. The van der Waals surface area contributed by atoms with Gasteiger partial charge in [0.25, 0.3) is 0 Å². The number of hydrogen-bond donors (Lipinski definition) is 1. The van der Waals surface area contributed by atoms with Gasteiger partial charge in [-0.15, -0.1) is 0 Å². The highest BCUT2D eigenvalue weighted by atomic mass is 16.5. The van der Waals surface area contributed by atoms with E-state index >= 15 is 0 Å². The zero-order valence-corrected chi connectivity index (χ0v) is 8.47. The Balaban J connectivity index is 1.86. The normalized spacial score (nSPS) is 10.5. The van der Waals surface area contributed by atoms with Gasteiger partial charge in [0, 0.05) is 12.7 Å². The summed E-state index contributed by atoms with van der Waals surface area (Å²) in [5.74, 6) is 0.656. The number of hydrogen-bond acceptors (Lipinski definition) is 5. The summed E-state index contributed by atoms with van der Waals surface area (Å²) < 4.78 is 4.62. The highest BCUT2D eigenvalue weighted by molar-refractivity contribution is 5.17. The zero-order chi connectivity index (χ0) is 10.5. The van der Waals surface area contributed by atoms with Gasteiger partial charge in [0.15, 0.2) is 5.82 Å². The van der Waals surface area contributed by atoms with Crippen LogP contribution in [0.1, 0.15) is 17.1 Å². The van der Waals surface area contributed by atoms with E-state index in [9.17, 15) is 0 Å². The van der Waals surface area contributed by atoms with Crippen molar-refractivity contribution in [3.05, 3.63) is 41.8 Å². The molecule has 0 saturated carbocycles. The van der Waals surface area contributed by atoms with Gasteiger partial charge in [-0.1, -0.05) is 11.2 Å². The summed E-state index contributed by atoms with van der Waals surface area (Å²) in [6.45, 7) is 3.34. The molecule has 2 aromatic rings. The Morgan fingerprint density at radius 2 is 2.27 bits per heavy atom. The van der Waals surface area contributed by atoms with Crippen molar-refractivity contribution >= 4 is 0 Å². The van der Waals surface area contributed by atoms with Crippen LogP contribution in [0.2, 0.25) is 0 Å². The third-order valence-electron chi connectivity index (χ3n) is 2.10. The van der Waals surface area contributed by atoms with Gasteiger partial charge < -0.3 is 9.84 Å². The van der Waals surface area contributed by atoms with Crippen molar-refractivity contribution < 1.29 is 4.52 Å². The first-order valence-corrected chi connectivity index (χ1v) is 4.73. The third-order valence-corrected chi connectivity index (χ3v) is 2.10. The Hall–Kier alpha value is -1.75. The second kappa shape index (κ2) is 4.65. The van der Waals surface area contributed by atoms with E-state index in [1.165, 1.54) is 12.0 Å². The minimum atomic E-state index is 0.590. The molecule has 15 heavy (non-hydrogen) atoms. The van der Waals surface area contributed by atoms with Crippen LogP contribution in [0.4, 0.5) is 0 Å². The predicted octanol–water partition coefficient (Wildman–Crippen LogP) is 1.06. The minimum Gasteiger partial charge on any atom is -0.343 e. The van der Waals surface area contributed by atoms with Crippen LogP contribution in [0.3, 0.4) is 0 Å². The Bertz CT molecular complexity index is 413. The van der Waals surface area contributed by atoms with Crippen LogP contribution in [0, 0.1) is 6.92 Å². The number of aromatic nitrogens is 3. The lowest BCUT2D eigenvalue weighted by atomic mass is 10.2. The number of aryl methyl sites for hydroxylation is 1. The second-order valence-corrected chi connectivity index (χ2v) is 3.22. The van der Waals surface area contributed by atoms with Gasteiger partial charge in [-0.25, -0.2) is 0 Å². The first-order valence-electron chi connectivity index (χ1n) is 4.73. The zero-order valence-electron chi connectivity index (χ0n) is 8.47. The Labute approximate surface area is 87.5 Å². The van der Waals surface area contributed by atoms with E-state index < -0.39 is 0 Å². The number of pyridine rings is 1. The molecule has 0 aliphatic rings. The molecular weight excluding hydrogens is 192 g/mol. The van der Waals surface area contributed by atoms with Crippen molar-refractivity contribution in [2.75, 3.05) is 0 Å². The fourth-order valence-electron chi connectivity index (χ4n) is 1.27. The summed E-state index contributed by atoms with van der Waals surface area (Å²) in [4.78, 5) is 8.18. The van der Waals surface area contributed by atoms with Crippen molar-refractivity contribution in [3.63, 3.8) is 0 Å². The highest BCUT2D eigenvalue weighted by Gasteiger charge is 2.00. The van der Waals surface area contributed by atoms with E-state index in [4.69, 9.17) is 0 Å². The number of rotatable bonds is 4. The van der Waals surface area contributed by atoms with Gasteiger partial charge in [-0.3, -0.25) is 4.98 Å². The third kappa shape index (κ3) is 2.60. The molecule has 5 heteroatoms. The van der Waals surface area contributed by atoms with Crippen LogP contribution in [-0.2, 0) is 13.1 Å². The molecular formula is C10H12N4O. The van der Waals surface area contributed by atoms with E-state index in [0.717, 1.165) is 5.69 Å². The fourth-order valence-corrected chi connectivity index (χ4v) is 1.27. The maximum absolute atomic E-state index is 4.62. The van der Waals surface area contributed by atoms with E-state index in [1.807, 2.05) is 19.1 Å². The van der Waals surface area contributed by atoms with Crippen LogP contribution in [0.15, 0.2) is 29.2 Å². The van der Waals surface area contributed by atoms with E-state index in [1.54, 1.807) is 6.20 Å². The molecule has 5 nitrogen and oxygen atoms in total. The lowest BCUT2D eigenvalue weighted by Gasteiger charge is -2.04. The van der Waals surface area contributed by atoms with Crippen LogP contribution in [0.25, 0.3) is 0 Å². The number of nitrogens with one attached hydrogen (secondary N) is 1. The summed E-state index contributed by atoms with van der Waals surface area (Å²) >= 11 is 0. The topological polar surface area (TPSA) is 63.8 Å². The number of nitrogens with zero attached hydrogens (tertiary/aromatic N) is 3. The lowest BCUT2D eigenvalue weighted by molar-refractivity contribution is 0.407. The monoisotopic (exact) mass is 204 g/mol. The molecule has 0 saturated heterocycles. The molecule has 0 unspecified atom stereocenters. The van der Waals surface area contributed by atoms with Crippen LogP contribution < -0.4 is 5.32 Å². The molecule has 0 spiro atoms. The van der Waals surface area contributed by atoms with Gasteiger partial charge in [0.2, 0.25) is 6.39 Å². The van der Waals surface area contributed by atoms with Crippen LogP contribution in [0.5, 0.6) is 0 Å². The average Bonchev–Trinajstić information content (AvgIpc) is 2.74. The van der Waals surface area contributed by atoms with Gasteiger partial charge in [0.1, 0.15) is 0 Å². The van der Waals surface area contributed by atoms with E-state index in [-0.39, 0.29) is 0 Å². The van der Waals surface area contributed by atoms with Crippen molar-refractivity contribution in [2.24, 2.45) is 0 Å². The molecule has 0 amide bonds. The maximum Gasteiger partial charge on any atom is 0.213 e. The van der Waals surface area contributed by atoms with E-state index in [0.29, 0.717) is 18.9 Å². The fraction of sp³-hybridized carbons (Fsp3) is 0.300. The Morgan fingerprint density at radius 3 is 3.00 bits per heavy atom. The summed E-state index contributed by atoms with van der Waals surface area (Å²) in [6.07, 6.45) is 3.11. The molecule has 0 bridgehead atoms. The summed E-state index contributed by atoms with van der Waals surface area (Å²) in [6, 6.07) is 3.97. The molecule has 0 atom stereocenters. The minimum absolute atomic E-state index is 0.590. The van der Waals surface area contributed by atoms with Crippen molar-refractivity contribution in [3.8, 4) is 0 Å². The molecule has 2 rings (SSSR count). The first kappa shape index (κ1) is 9.79. The van der Waals surface area contributed by atoms with E-state index in [2.05, 4.69) is 25.0 Å². The molecule has 1 N–H and O–H groups in total. The average molecular weight is 204 g/mol. The van der Waals surface area contributed by atoms with Crippen LogP contribution in [-0.4, -0.2) is 15.1 Å². The van der Waals surface area contributed by atoms with Crippen molar-refractivity contribution in [1.29, 1.82) is 0 Å². The largest absolute Gasteiger partial charge is 0.343 e. The summed E-state index contributed by atoms with van der Waals surface area (Å²) in [7, 11) is 0. The molecule has 0 radical (unpaired) electrons. The van der Waals surface area contributed by atoms with Gasteiger partial charge >= 0.3 is 0 Å². The highest BCUT2D eigenvalue weighted by Crippen LogP contribution is 2.02. The molecule has 0 aliphatic carbocycles. The van der Waals surface area contributed by atoms with Crippen LogP contribution >= 0.6 is 0 Å². The quantitative estimate of drug-likeness (QED) is 0.806. The van der Waals surface area contributed by atoms with Crippen molar-refractivity contribution in [1.82, 2.24) is 20.4 Å². The molecule has 0 fully saturated rings. The van der Waals surface area contributed by atoms with Gasteiger partial charge in [-0.2, -0.15) is 4.98 Å². The lowest BCUT2D eigenvalue weighted by Crippen LogP contribution is -2.15. The Morgan fingerprint density at radius 1 is 1.33 bits per heavy atom. The van der Waals surface area contributed by atoms with Gasteiger partial charge in [-0.05, 0) is 18.6 Å². The van der Waals surface area contributed by atoms with Gasteiger partial charge in [0.05, 0.1) is 12.2 Å². The standard InChI is InChI=1S/C10H12N4O/c1-8-3-2-4-12-9(8)5-11-6-10-13-7-15-14-10/h2-4,7,11H,5-6H2,1H3. The summed E-state index contributed by atoms with van der Waals surface area (Å²) in [5.41, 5.74) is 2.22. The Kier molecular flexibility index (Phi) is 3.04.